The number of carbonyl (C=O) groups excluding carboxylic acids is 1. The van der Waals surface area contributed by atoms with Crippen molar-refractivity contribution in [1.82, 2.24) is 15.0 Å². The highest BCUT2D eigenvalue weighted by Gasteiger charge is 2.11. The Labute approximate surface area is 139 Å². The van der Waals surface area contributed by atoms with Crippen LogP contribution in [-0.2, 0) is 0 Å². The van der Waals surface area contributed by atoms with Gasteiger partial charge in [-0.3, -0.25) is 15.1 Å². The van der Waals surface area contributed by atoms with E-state index in [9.17, 15) is 4.79 Å². The van der Waals surface area contributed by atoms with Crippen molar-refractivity contribution in [2.75, 3.05) is 5.32 Å². The molecule has 3 rings (SSSR count). The van der Waals surface area contributed by atoms with E-state index in [2.05, 4.69) is 36.2 Å². The van der Waals surface area contributed by atoms with Gasteiger partial charge in [0.05, 0.1) is 17.6 Å². The number of amides is 1. The lowest BCUT2D eigenvalue weighted by Gasteiger charge is -2.01. The molecule has 0 unspecified atom stereocenters. The normalized spacial score (nSPS) is 10.5. The van der Waals surface area contributed by atoms with Crippen LogP contribution in [-0.4, -0.2) is 20.9 Å². The number of thiazole rings is 1. The molecule has 110 valence electrons. The Morgan fingerprint density at radius 2 is 2.14 bits per heavy atom. The Bertz CT molecular complexity index is 816. The zero-order chi connectivity index (χ0) is 15.5. The van der Waals surface area contributed by atoms with E-state index in [0.29, 0.717) is 5.13 Å². The molecule has 0 radical (unpaired) electrons. The molecule has 5 nitrogen and oxygen atoms in total. The van der Waals surface area contributed by atoms with Gasteiger partial charge in [0, 0.05) is 21.6 Å². The second kappa shape index (κ2) is 6.33. The summed E-state index contributed by atoms with van der Waals surface area (Å²) in [4.78, 5) is 24.6. The highest BCUT2D eigenvalue weighted by atomic mass is 79.9. The summed E-state index contributed by atoms with van der Waals surface area (Å²) in [5, 5.41) is 5.17. The molecule has 0 saturated heterocycles. The van der Waals surface area contributed by atoms with Gasteiger partial charge in [0.1, 0.15) is 5.69 Å². The summed E-state index contributed by atoms with van der Waals surface area (Å²) in [6.07, 6.45) is 3.01. The van der Waals surface area contributed by atoms with Crippen LogP contribution in [0.5, 0.6) is 0 Å². The first-order valence-electron chi connectivity index (χ1n) is 6.43. The van der Waals surface area contributed by atoms with Gasteiger partial charge in [-0.2, -0.15) is 0 Å². The van der Waals surface area contributed by atoms with Gasteiger partial charge in [0.2, 0.25) is 0 Å². The quantitative estimate of drug-likeness (QED) is 0.754. The molecule has 0 aliphatic heterocycles. The molecule has 3 aromatic rings. The SMILES string of the molecule is Cc1cnc(C(=O)Nc2nc(-c3cccc(Br)c3)cs2)cn1. The van der Waals surface area contributed by atoms with Gasteiger partial charge in [0.15, 0.2) is 5.13 Å². The third kappa shape index (κ3) is 3.37. The average molecular weight is 375 g/mol. The minimum Gasteiger partial charge on any atom is -0.296 e. The van der Waals surface area contributed by atoms with Crippen LogP contribution in [0, 0.1) is 6.92 Å². The summed E-state index contributed by atoms with van der Waals surface area (Å²) < 4.78 is 0.985. The fraction of sp³-hybridized carbons (Fsp3) is 0.0667. The highest BCUT2D eigenvalue weighted by molar-refractivity contribution is 9.10. The van der Waals surface area contributed by atoms with Gasteiger partial charge in [-0.05, 0) is 19.1 Å². The lowest BCUT2D eigenvalue weighted by Crippen LogP contribution is -2.13. The summed E-state index contributed by atoms with van der Waals surface area (Å²) in [5.74, 6) is -0.317. The minimum atomic E-state index is -0.317. The molecule has 2 aromatic heterocycles. The number of halogens is 1. The van der Waals surface area contributed by atoms with Crippen molar-refractivity contribution in [2.45, 2.75) is 6.92 Å². The molecular formula is C15H11BrN4OS. The fourth-order valence-electron chi connectivity index (χ4n) is 1.78. The van der Waals surface area contributed by atoms with Crippen molar-refractivity contribution in [1.29, 1.82) is 0 Å². The zero-order valence-electron chi connectivity index (χ0n) is 11.6. The van der Waals surface area contributed by atoms with Crippen LogP contribution < -0.4 is 5.32 Å². The standard InChI is InChI=1S/C15H11BrN4OS/c1-9-6-18-12(7-17-9)14(21)20-15-19-13(8-22-15)10-3-2-4-11(16)5-10/h2-8H,1H3,(H,19,20,21). The fourth-order valence-corrected chi connectivity index (χ4v) is 2.90. The third-order valence-corrected chi connectivity index (χ3v) is 4.11. The van der Waals surface area contributed by atoms with Crippen LogP contribution in [0.3, 0.4) is 0 Å². The van der Waals surface area contributed by atoms with Gasteiger partial charge >= 0.3 is 0 Å². The Kier molecular flexibility index (Phi) is 4.26. The number of hydrogen-bond donors (Lipinski definition) is 1. The predicted molar refractivity (Wildman–Crippen MR) is 90.0 cm³/mol. The van der Waals surface area contributed by atoms with Gasteiger partial charge < -0.3 is 0 Å². The third-order valence-electron chi connectivity index (χ3n) is 2.86. The topological polar surface area (TPSA) is 67.8 Å². The summed E-state index contributed by atoms with van der Waals surface area (Å²) >= 11 is 4.80. The first-order chi connectivity index (χ1) is 10.6. The Balaban J connectivity index is 1.77. The molecule has 0 atom stereocenters. The van der Waals surface area contributed by atoms with Crippen molar-refractivity contribution in [3.63, 3.8) is 0 Å². The van der Waals surface area contributed by atoms with Crippen LogP contribution in [0.1, 0.15) is 16.2 Å². The van der Waals surface area contributed by atoms with Gasteiger partial charge in [0.25, 0.3) is 5.91 Å². The number of benzene rings is 1. The summed E-state index contributed by atoms with van der Waals surface area (Å²) in [6.45, 7) is 1.82. The van der Waals surface area contributed by atoms with E-state index in [1.165, 1.54) is 17.5 Å². The highest BCUT2D eigenvalue weighted by Crippen LogP contribution is 2.27. The van der Waals surface area contributed by atoms with E-state index in [0.717, 1.165) is 21.4 Å². The Morgan fingerprint density at radius 1 is 1.27 bits per heavy atom. The first-order valence-corrected chi connectivity index (χ1v) is 8.10. The molecule has 0 bridgehead atoms. The van der Waals surface area contributed by atoms with Crippen LogP contribution in [0.2, 0.25) is 0 Å². The number of hydrogen-bond acceptors (Lipinski definition) is 5. The molecule has 2 heterocycles. The van der Waals surface area contributed by atoms with Crippen molar-refractivity contribution in [3.05, 3.63) is 57.9 Å². The Morgan fingerprint density at radius 3 is 2.86 bits per heavy atom. The number of rotatable bonds is 3. The van der Waals surface area contributed by atoms with E-state index < -0.39 is 0 Å². The predicted octanol–water partition coefficient (Wildman–Crippen LogP) is 3.92. The second-order valence-electron chi connectivity index (χ2n) is 4.55. The number of aromatic nitrogens is 3. The van der Waals surface area contributed by atoms with E-state index in [4.69, 9.17) is 0 Å². The maximum Gasteiger partial charge on any atom is 0.277 e. The van der Waals surface area contributed by atoms with Crippen molar-refractivity contribution >= 4 is 38.3 Å². The molecule has 22 heavy (non-hydrogen) atoms. The smallest absolute Gasteiger partial charge is 0.277 e. The molecule has 0 aliphatic rings. The molecule has 0 saturated carbocycles. The van der Waals surface area contributed by atoms with E-state index in [1.807, 2.05) is 36.6 Å². The van der Waals surface area contributed by atoms with Gasteiger partial charge in [-0.1, -0.05) is 28.1 Å². The summed E-state index contributed by atoms with van der Waals surface area (Å²) in [7, 11) is 0. The first kappa shape index (κ1) is 14.8. The minimum absolute atomic E-state index is 0.268. The molecule has 1 aromatic carbocycles. The van der Waals surface area contributed by atoms with Crippen molar-refractivity contribution in [2.24, 2.45) is 0 Å². The summed E-state index contributed by atoms with van der Waals surface area (Å²) in [6, 6.07) is 7.84. The van der Waals surface area contributed by atoms with Crippen LogP contribution in [0.25, 0.3) is 11.3 Å². The van der Waals surface area contributed by atoms with Crippen LogP contribution >= 0.6 is 27.3 Å². The maximum atomic E-state index is 12.1. The molecular weight excluding hydrogens is 364 g/mol. The summed E-state index contributed by atoms with van der Waals surface area (Å²) in [5.41, 5.74) is 2.84. The lowest BCUT2D eigenvalue weighted by molar-refractivity contribution is 0.102. The number of anilines is 1. The molecule has 0 fully saturated rings. The second-order valence-corrected chi connectivity index (χ2v) is 6.32. The van der Waals surface area contributed by atoms with Gasteiger partial charge in [-0.25, -0.2) is 9.97 Å². The average Bonchev–Trinajstić information content (AvgIpc) is 2.96. The molecule has 0 spiro atoms. The maximum absolute atomic E-state index is 12.1. The number of aryl methyl sites for hydroxylation is 1. The van der Waals surface area contributed by atoms with Crippen LogP contribution in [0.4, 0.5) is 5.13 Å². The monoisotopic (exact) mass is 374 g/mol. The van der Waals surface area contributed by atoms with Gasteiger partial charge in [-0.15, -0.1) is 11.3 Å². The Hall–Kier alpha value is -2.12. The number of nitrogens with zero attached hydrogens (tertiary/aromatic N) is 3. The van der Waals surface area contributed by atoms with Crippen molar-refractivity contribution < 1.29 is 4.79 Å². The molecule has 0 aliphatic carbocycles. The molecule has 1 N–H and O–H groups in total. The zero-order valence-corrected chi connectivity index (χ0v) is 14.0. The molecule has 7 heteroatoms. The molecule has 1 amide bonds. The van der Waals surface area contributed by atoms with E-state index in [1.54, 1.807) is 6.20 Å². The lowest BCUT2D eigenvalue weighted by atomic mass is 10.2. The van der Waals surface area contributed by atoms with Crippen LogP contribution in [0.15, 0.2) is 46.5 Å². The van der Waals surface area contributed by atoms with E-state index >= 15 is 0 Å². The largest absolute Gasteiger partial charge is 0.296 e. The number of nitrogens with one attached hydrogen (secondary N) is 1. The van der Waals surface area contributed by atoms with Crippen molar-refractivity contribution in [3.8, 4) is 11.3 Å². The van der Waals surface area contributed by atoms with E-state index in [-0.39, 0.29) is 11.6 Å². The number of carbonyl (C=O) groups is 1.